The van der Waals surface area contributed by atoms with Crippen LogP contribution in [0.5, 0.6) is 0 Å². The van der Waals surface area contributed by atoms with E-state index in [1.807, 2.05) is 6.92 Å². The summed E-state index contributed by atoms with van der Waals surface area (Å²) in [5, 5.41) is 0. The molecule has 3 heteroatoms. The molecule has 0 fully saturated rings. The molecule has 0 saturated carbocycles. The molecule has 0 saturated heterocycles. The number of hydrogen-bond donors (Lipinski definition) is 0. The van der Waals surface area contributed by atoms with Gasteiger partial charge in [-0.25, -0.2) is 4.39 Å². The Morgan fingerprint density at radius 3 is 2.79 bits per heavy atom. The van der Waals surface area contributed by atoms with E-state index in [4.69, 9.17) is 0 Å². The molecular weight excluding hydrogens is 247 g/mol. The molecule has 1 aromatic carbocycles. The van der Waals surface area contributed by atoms with Crippen molar-refractivity contribution in [2.75, 3.05) is 0 Å². The standard InChI is InChI=1S/C11H10BrFO/c1-2-8(7-14)5-9-3-4-11(13)10(12)6-9/h3-7H,2H2,1H3. The molecule has 0 amide bonds. The number of rotatable bonds is 3. The highest BCUT2D eigenvalue weighted by Crippen LogP contribution is 2.18. The van der Waals surface area contributed by atoms with Crippen molar-refractivity contribution in [2.45, 2.75) is 13.3 Å². The number of carbonyl (C=O) groups excluding carboxylic acids is 1. The highest BCUT2D eigenvalue weighted by atomic mass is 79.9. The van der Waals surface area contributed by atoms with Gasteiger partial charge in [-0.1, -0.05) is 13.0 Å². The second kappa shape index (κ2) is 5.05. The van der Waals surface area contributed by atoms with Crippen LogP contribution in [0.15, 0.2) is 28.2 Å². The molecule has 0 atom stereocenters. The smallest absolute Gasteiger partial charge is 0.146 e. The largest absolute Gasteiger partial charge is 0.298 e. The zero-order chi connectivity index (χ0) is 10.6. The van der Waals surface area contributed by atoms with Crippen molar-refractivity contribution in [3.63, 3.8) is 0 Å². The SMILES string of the molecule is CCC(C=O)=Cc1ccc(F)c(Br)c1. The Morgan fingerprint density at radius 1 is 1.57 bits per heavy atom. The van der Waals surface area contributed by atoms with Crippen LogP contribution in [0, 0.1) is 5.82 Å². The van der Waals surface area contributed by atoms with Crippen LogP contribution in [0.2, 0.25) is 0 Å². The lowest BCUT2D eigenvalue weighted by molar-refractivity contribution is -0.104. The first-order chi connectivity index (χ1) is 6.67. The summed E-state index contributed by atoms with van der Waals surface area (Å²) in [6, 6.07) is 4.65. The Morgan fingerprint density at radius 2 is 2.29 bits per heavy atom. The minimum atomic E-state index is -0.300. The second-order valence-corrected chi connectivity index (χ2v) is 3.72. The van der Waals surface area contributed by atoms with Crippen molar-refractivity contribution >= 4 is 28.3 Å². The zero-order valence-electron chi connectivity index (χ0n) is 7.76. The van der Waals surface area contributed by atoms with Crippen molar-refractivity contribution < 1.29 is 9.18 Å². The third kappa shape index (κ3) is 2.77. The Kier molecular flexibility index (Phi) is 4.01. The lowest BCUT2D eigenvalue weighted by Crippen LogP contribution is -1.84. The van der Waals surface area contributed by atoms with E-state index in [-0.39, 0.29) is 5.82 Å². The first-order valence-corrected chi connectivity index (χ1v) is 5.07. The molecule has 0 aliphatic carbocycles. The van der Waals surface area contributed by atoms with Crippen molar-refractivity contribution in [1.29, 1.82) is 0 Å². The molecule has 0 N–H and O–H groups in total. The lowest BCUT2D eigenvalue weighted by Gasteiger charge is -1.98. The normalized spacial score (nSPS) is 11.5. The first-order valence-electron chi connectivity index (χ1n) is 4.28. The van der Waals surface area contributed by atoms with Crippen LogP contribution in [0.4, 0.5) is 4.39 Å². The monoisotopic (exact) mass is 256 g/mol. The summed E-state index contributed by atoms with van der Waals surface area (Å²) in [6.45, 7) is 1.90. The topological polar surface area (TPSA) is 17.1 Å². The molecule has 1 nitrogen and oxygen atoms in total. The van der Waals surface area contributed by atoms with Crippen molar-refractivity contribution in [1.82, 2.24) is 0 Å². The molecule has 0 bridgehead atoms. The summed E-state index contributed by atoms with van der Waals surface area (Å²) in [5.74, 6) is -0.300. The van der Waals surface area contributed by atoms with Gasteiger partial charge in [0.25, 0.3) is 0 Å². The molecule has 1 rings (SSSR count). The Labute approximate surface area is 90.8 Å². The van der Waals surface area contributed by atoms with E-state index < -0.39 is 0 Å². The molecule has 74 valence electrons. The van der Waals surface area contributed by atoms with Crippen LogP contribution in [-0.4, -0.2) is 6.29 Å². The minimum absolute atomic E-state index is 0.300. The van der Waals surface area contributed by atoms with Gasteiger partial charge in [0.2, 0.25) is 0 Å². The van der Waals surface area contributed by atoms with E-state index in [1.165, 1.54) is 6.07 Å². The average Bonchev–Trinajstić information content (AvgIpc) is 2.19. The van der Waals surface area contributed by atoms with E-state index in [1.54, 1.807) is 18.2 Å². The van der Waals surface area contributed by atoms with Crippen LogP contribution in [0.25, 0.3) is 6.08 Å². The highest BCUT2D eigenvalue weighted by molar-refractivity contribution is 9.10. The van der Waals surface area contributed by atoms with Crippen LogP contribution < -0.4 is 0 Å². The van der Waals surface area contributed by atoms with Gasteiger partial charge in [0, 0.05) is 0 Å². The number of aldehydes is 1. The second-order valence-electron chi connectivity index (χ2n) is 2.86. The van der Waals surface area contributed by atoms with Gasteiger partial charge in [-0.15, -0.1) is 0 Å². The van der Waals surface area contributed by atoms with Crippen molar-refractivity contribution in [3.05, 3.63) is 39.6 Å². The quantitative estimate of drug-likeness (QED) is 0.597. The van der Waals surface area contributed by atoms with E-state index in [9.17, 15) is 9.18 Å². The van der Waals surface area contributed by atoms with E-state index in [0.717, 1.165) is 11.8 Å². The molecule has 0 unspecified atom stereocenters. The number of carbonyl (C=O) groups is 1. The van der Waals surface area contributed by atoms with Gasteiger partial charge in [0.05, 0.1) is 4.47 Å². The summed E-state index contributed by atoms with van der Waals surface area (Å²) < 4.78 is 13.3. The van der Waals surface area contributed by atoms with E-state index in [2.05, 4.69) is 15.9 Å². The highest BCUT2D eigenvalue weighted by Gasteiger charge is 1.99. The van der Waals surface area contributed by atoms with Crippen molar-refractivity contribution in [3.8, 4) is 0 Å². The number of allylic oxidation sites excluding steroid dienone is 1. The zero-order valence-corrected chi connectivity index (χ0v) is 9.34. The van der Waals surface area contributed by atoms with E-state index in [0.29, 0.717) is 16.5 Å². The molecular formula is C11H10BrFO. The fourth-order valence-corrected chi connectivity index (χ4v) is 1.43. The summed E-state index contributed by atoms with van der Waals surface area (Å²) >= 11 is 3.09. The van der Waals surface area contributed by atoms with Crippen LogP contribution >= 0.6 is 15.9 Å². The average molecular weight is 257 g/mol. The first kappa shape index (κ1) is 11.1. The van der Waals surface area contributed by atoms with Gasteiger partial charge in [0.15, 0.2) is 0 Å². The number of hydrogen-bond acceptors (Lipinski definition) is 1. The Balaban J connectivity index is 3.03. The Hall–Kier alpha value is -0.960. The molecule has 14 heavy (non-hydrogen) atoms. The molecule has 0 aliphatic heterocycles. The molecule has 0 radical (unpaired) electrons. The predicted molar refractivity (Wildman–Crippen MR) is 58.4 cm³/mol. The van der Waals surface area contributed by atoms with Gasteiger partial charge in [0.1, 0.15) is 12.1 Å². The van der Waals surface area contributed by atoms with Crippen molar-refractivity contribution in [2.24, 2.45) is 0 Å². The predicted octanol–water partition coefficient (Wildman–Crippen LogP) is 3.58. The summed E-state index contributed by atoms with van der Waals surface area (Å²) in [5.41, 5.74) is 1.52. The Bertz CT molecular complexity index is 372. The van der Waals surface area contributed by atoms with Gasteiger partial charge >= 0.3 is 0 Å². The third-order valence-corrected chi connectivity index (χ3v) is 2.46. The van der Waals surface area contributed by atoms with Gasteiger partial charge in [-0.05, 0) is 51.7 Å². The van der Waals surface area contributed by atoms with Crippen LogP contribution in [0.1, 0.15) is 18.9 Å². The lowest BCUT2D eigenvalue weighted by atomic mass is 10.1. The maximum atomic E-state index is 12.9. The van der Waals surface area contributed by atoms with Gasteiger partial charge in [-0.3, -0.25) is 4.79 Å². The minimum Gasteiger partial charge on any atom is -0.298 e. The van der Waals surface area contributed by atoms with Gasteiger partial charge in [-0.2, -0.15) is 0 Å². The molecule has 0 aromatic heterocycles. The fraction of sp³-hybridized carbons (Fsp3) is 0.182. The maximum Gasteiger partial charge on any atom is 0.146 e. The van der Waals surface area contributed by atoms with Crippen LogP contribution in [0.3, 0.4) is 0 Å². The molecule has 0 heterocycles. The van der Waals surface area contributed by atoms with Gasteiger partial charge < -0.3 is 0 Å². The summed E-state index contributed by atoms with van der Waals surface area (Å²) in [7, 11) is 0. The van der Waals surface area contributed by atoms with E-state index >= 15 is 0 Å². The summed E-state index contributed by atoms with van der Waals surface area (Å²) in [6.07, 6.45) is 3.24. The number of benzene rings is 1. The fourth-order valence-electron chi connectivity index (χ4n) is 1.04. The maximum absolute atomic E-state index is 12.9. The molecule has 1 aromatic rings. The third-order valence-electron chi connectivity index (χ3n) is 1.86. The number of halogens is 2. The van der Waals surface area contributed by atoms with Crippen LogP contribution in [-0.2, 0) is 4.79 Å². The summed E-state index contributed by atoms with van der Waals surface area (Å²) in [4.78, 5) is 10.5. The molecule has 0 spiro atoms. The molecule has 0 aliphatic rings.